The molecular weight excluding hydrogens is 564 g/mol. The number of hydrazone groups is 1. The van der Waals surface area contributed by atoms with Gasteiger partial charge in [-0.05, 0) is 64.5 Å². The van der Waals surface area contributed by atoms with E-state index in [4.69, 9.17) is 0 Å². The minimum absolute atomic E-state index is 0.0623. The van der Waals surface area contributed by atoms with Crippen molar-refractivity contribution in [3.63, 3.8) is 0 Å². The van der Waals surface area contributed by atoms with Crippen LogP contribution < -0.4 is 11.0 Å². The maximum absolute atomic E-state index is 13.2. The molecule has 10 heteroatoms. The smallest absolute Gasteiger partial charge is 0.266 e. The molecule has 4 rings (SSSR count). The number of halogens is 2. The van der Waals surface area contributed by atoms with Gasteiger partial charge in [-0.25, -0.2) is 10.4 Å². The van der Waals surface area contributed by atoms with E-state index in [0.717, 1.165) is 13.1 Å². The van der Waals surface area contributed by atoms with Gasteiger partial charge in [-0.15, -0.1) is 11.3 Å². The Balaban J connectivity index is 1.58. The first-order valence-corrected chi connectivity index (χ1v) is 12.4. The maximum atomic E-state index is 13.2. The number of nitrogens with one attached hydrogen (secondary N) is 1. The topological polar surface area (TPSA) is 76.3 Å². The van der Waals surface area contributed by atoms with Crippen LogP contribution in [0.25, 0.3) is 16.6 Å². The lowest BCUT2D eigenvalue weighted by Crippen LogP contribution is -2.24. The molecule has 2 heterocycles. The van der Waals surface area contributed by atoms with Gasteiger partial charge >= 0.3 is 0 Å². The number of hydrogen-bond donors (Lipinski definition) is 1. The number of aromatic nitrogens is 2. The first-order chi connectivity index (χ1) is 15.0. The molecule has 156 valence electrons. The van der Waals surface area contributed by atoms with Crippen molar-refractivity contribution < 1.29 is 4.79 Å². The van der Waals surface area contributed by atoms with Gasteiger partial charge in [0.05, 0.1) is 32.3 Å². The summed E-state index contributed by atoms with van der Waals surface area (Å²) < 4.78 is 3.42. The molecule has 0 aliphatic carbocycles. The van der Waals surface area contributed by atoms with Crippen LogP contribution in [-0.4, -0.2) is 27.4 Å². The Morgan fingerprint density at radius 3 is 2.65 bits per heavy atom. The van der Waals surface area contributed by atoms with E-state index in [1.165, 1.54) is 27.7 Å². The van der Waals surface area contributed by atoms with Crippen molar-refractivity contribution in [3.05, 3.63) is 84.2 Å². The highest BCUT2D eigenvalue weighted by atomic mass is 79.9. The second-order valence-corrected chi connectivity index (χ2v) is 10.6. The molecular formula is C21H14Br2N4O2S2. The van der Waals surface area contributed by atoms with Crippen molar-refractivity contribution >= 4 is 78.0 Å². The van der Waals surface area contributed by atoms with E-state index < -0.39 is 0 Å². The van der Waals surface area contributed by atoms with Crippen LogP contribution in [-0.2, 0) is 4.79 Å². The summed E-state index contributed by atoms with van der Waals surface area (Å²) in [7, 11) is 0. The summed E-state index contributed by atoms with van der Waals surface area (Å²) in [4.78, 5) is 31.0. The van der Waals surface area contributed by atoms with Crippen LogP contribution in [0.5, 0.6) is 0 Å². The Morgan fingerprint density at radius 1 is 1.13 bits per heavy atom. The number of carbonyl (C=O) groups excluding carboxylic acids is 1. The number of thiophene rings is 1. The summed E-state index contributed by atoms with van der Waals surface area (Å²) in [6, 6.07) is 18.4. The maximum Gasteiger partial charge on any atom is 0.266 e. The zero-order chi connectivity index (χ0) is 21.8. The van der Waals surface area contributed by atoms with E-state index in [1.54, 1.807) is 18.3 Å². The summed E-state index contributed by atoms with van der Waals surface area (Å²) in [6.45, 7) is 0. The largest absolute Gasteiger partial charge is 0.272 e. The Bertz CT molecular complexity index is 1330. The summed E-state index contributed by atoms with van der Waals surface area (Å²) >= 11 is 9.49. The van der Waals surface area contributed by atoms with Crippen LogP contribution in [0.4, 0.5) is 0 Å². The van der Waals surface area contributed by atoms with Gasteiger partial charge in [0.15, 0.2) is 5.16 Å². The van der Waals surface area contributed by atoms with Crippen LogP contribution in [0.15, 0.2) is 84.0 Å². The Morgan fingerprint density at radius 2 is 1.90 bits per heavy atom. The van der Waals surface area contributed by atoms with E-state index in [-0.39, 0.29) is 17.2 Å². The van der Waals surface area contributed by atoms with Crippen LogP contribution in [0.3, 0.4) is 0 Å². The summed E-state index contributed by atoms with van der Waals surface area (Å²) in [5, 5.41) is 4.94. The Labute approximate surface area is 202 Å². The van der Waals surface area contributed by atoms with Gasteiger partial charge in [0.2, 0.25) is 0 Å². The van der Waals surface area contributed by atoms with E-state index in [1.807, 2.05) is 48.5 Å². The van der Waals surface area contributed by atoms with Gasteiger partial charge < -0.3 is 0 Å². The first-order valence-electron chi connectivity index (χ1n) is 8.99. The minimum Gasteiger partial charge on any atom is -0.272 e. The third kappa shape index (κ3) is 5.32. The molecule has 6 nitrogen and oxygen atoms in total. The van der Waals surface area contributed by atoms with Crippen molar-refractivity contribution in [3.8, 4) is 5.69 Å². The third-order valence-corrected chi connectivity index (χ3v) is 7.16. The fraction of sp³-hybridized carbons (Fsp3) is 0.0476. The standard InChI is InChI=1S/C21H14Br2N4O2S2/c22-13-5-7-14(8-6-13)27-20(29)16-3-1-2-4-17(16)25-21(27)30-12-19(28)26-24-11-15-9-10-18(23)31-15/h1-11H,12H2,(H,26,28). The number of rotatable bonds is 6. The molecule has 0 aliphatic rings. The normalized spacial score (nSPS) is 11.3. The lowest BCUT2D eigenvalue weighted by molar-refractivity contribution is -0.118. The molecule has 0 saturated heterocycles. The molecule has 4 aromatic rings. The fourth-order valence-electron chi connectivity index (χ4n) is 2.75. The number of benzene rings is 2. The van der Waals surface area contributed by atoms with Gasteiger partial charge in [0.25, 0.3) is 11.5 Å². The van der Waals surface area contributed by atoms with Crippen LogP contribution in [0.2, 0.25) is 0 Å². The highest BCUT2D eigenvalue weighted by Crippen LogP contribution is 2.23. The van der Waals surface area contributed by atoms with E-state index >= 15 is 0 Å². The molecule has 0 radical (unpaired) electrons. The van der Waals surface area contributed by atoms with Gasteiger partial charge in [-0.1, -0.05) is 39.8 Å². The van der Waals surface area contributed by atoms with Crippen LogP contribution in [0.1, 0.15) is 4.88 Å². The molecule has 0 atom stereocenters. The van der Waals surface area contributed by atoms with Gasteiger partial charge in [0, 0.05) is 9.35 Å². The number of thioether (sulfide) groups is 1. The van der Waals surface area contributed by atoms with Crippen molar-refractivity contribution in [2.24, 2.45) is 5.10 Å². The monoisotopic (exact) mass is 576 g/mol. The van der Waals surface area contributed by atoms with E-state index in [2.05, 4.69) is 47.4 Å². The zero-order valence-corrected chi connectivity index (χ0v) is 20.6. The number of amides is 1. The lowest BCUT2D eigenvalue weighted by Gasteiger charge is -2.13. The summed E-state index contributed by atoms with van der Waals surface area (Å²) in [6.07, 6.45) is 1.59. The third-order valence-electron chi connectivity index (χ3n) is 4.14. The number of para-hydroxylation sites is 1. The SMILES string of the molecule is O=C(CSc1nc2ccccc2c(=O)n1-c1ccc(Br)cc1)NN=Cc1ccc(Br)s1. The Hall–Kier alpha value is -2.27. The zero-order valence-electron chi connectivity index (χ0n) is 15.8. The van der Waals surface area contributed by atoms with Gasteiger partial charge in [-0.2, -0.15) is 5.10 Å². The molecule has 0 saturated carbocycles. The second kappa shape index (κ2) is 9.90. The van der Waals surface area contributed by atoms with E-state index in [9.17, 15) is 9.59 Å². The number of nitrogens with zero attached hydrogens (tertiary/aromatic N) is 3. The van der Waals surface area contributed by atoms with E-state index in [0.29, 0.717) is 21.7 Å². The van der Waals surface area contributed by atoms with Crippen molar-refractivity contribution in [2.75, 3.05) is 5.75 Å². The minimum atomic E-state index is -0.290. The van der Waals surface area contributed by atoms with Crippen molar-refractivity contribution in [2.45, 2.75) is 5.16 Å². The summed E-state index contributed by atoms with van der Waals surface area (Å²) in [5.74, 6) is -0.228. The number of fused-ring (bicyclic) bond motifs is 1. The first kappa shape index (κ1) is 21.9. The summed E-state index contributed by atoms with van der Waals surface area (Å²) in [5.41, 5.74) is 3.59. The molecule has 0 spiro atoms. The molecule has 0 fully saturated rings. The molecule has 1 N–H and O–H groups in total. The highest BCUT2D eigenvalue weighted by Gasteiger charge is 2.14. The molecule has 0 bridgehead atoms. The second-order valence-electron chi connectivity index (χ2n) is 6.25. The Kier molecular flexibility index (Phi) is 7.01. The highest BCUT2D eigenvalue weighted by molar-refractivity contribution is 9.11. The van der Waals surface area contributed by atoms with Gasteiger partial charge in [-0.3, -0.25) is 14.2 Å². The fourth-order valence-corrected chi connectivity index (χ4v) is 5.12. The van der Waals surface area contributed by atoms with Gasteiger partial charge in [0.1, 0.15) is 0 Å². The molecule has 2 aromatic heterocycles. The molecule has 2 aromatic carbocycles. The predicted molar refractivity (Wildman–Crippen MR) is 134 cm³/mol. The van der Waals surface area contributed by atoms with Crippen LogP contribution >= 0.6 is 55.0 Å². The van der Waals surface area contributed by atoms with Crippen molar-refractivity contribution in [1.82, 2.24) is 15.0 Å². The predicted octanol–water partition coefficient (Wildman–Crippen LogP) is 5.21. The van der Waals surface area contributed by atoms with Crippen LogP contribution in [0, 0.1) is 0 Å². The molecule has 31 heavy (non-hydrogen) atoms. The number of hydrogen-bond acceptors (Lipinski definition) is 6. The average Bonchev–Trinajstić information content (AvgIpc) is 3.18. The number of carbonyl (C=O) groups is 1. The molecule has 0 aliphatic heterocycles. The molecule has 1 amide bonds. The van der Waals surface area contributed by atoms with Crippen molar-refractivity contribution in [1.29, 1.82) is 0 Å². The molecule has 0 unspecified atom stereocenters. The quantitative estimate of drug-likeness (QED) is 0.148. The lowest BCUT2D eigenvalue weighted by atomic mass is 10.2. The average molecular weight is 578 g/mol.